The first-order chi connectivity index (χ1) is 13.1. The van der Waals surface area contributed by atoms with Gasteiger partial charge in [0.05, 0.1) is 30.4 Å². The molecule has 1 aromatic carbocycles. The number of nitrogens with zero attached hydrogens (tertiary/aromatic N) is 2. The van der Waals surface area contributed by atoms with E-state index >= 15 is 0 Å². The Bertz CT molecular complexity index is 838. The van der Waals surface area contributed by atoms with Gasteiger partial charge >= 0.3 is 0 Å². The van der Waals surface area contributed by atoms with E-state index in [9.17, 15) is 4.79 Å². The van der Waals surface area contributed by atoms with Crippen LogP contribution in [0.5, 0.6) is 11.5 Å². The van der Waals surface area contributed by atoms with Crippen LogP contribution in [0, 0.1) is 5.92 Å². The van der Waals surface area contributed by atoms with E-state index in [1.807, 2.05) is 31.6 Å². The largest absolute Gasteiger partial charge is 0.489 e. The van der Waals surface area contributed by atoms with Crippen molar-refractivity contribution in [1.82, 2.24) is 20.4 Å². The summed E-state index contributed by atoms with van der Waals surface area (Å²) in [5.41, 5.74) is 1.97. The lowest BCUT2D eigenvalue weighted by Crippen LogP contribution is -2.34. The van der Waals surface area contributed by atoms with Gasteiger partial charge in [-0.3, -0.25) is 9.48 Å². The second-order valence-corrected chi connectivity index (χ2v) is 7.40. The van der Waals surface area contributed by atoms with E-state index < -0.39 is 0 Å². The molecular formula is C19H23ClN4O3. The van der Waals surface area contributed by atoms with Crippen molar-refractivity contribution >= 4 is 17.5 Å². The normalized spacial score (nSPS) is 21.7. The number of benzene rings is 1. The maximum absolute atomic E-state index is 12.8. The van der Waals surface area contributed by atoms with Crippen molar-refractivity contribution in [2.45, 2.75) is 18.9 Å². The molecule has 3 heterocycles. The number of amides is 1. The van der Waals surface area contributed by atoms with Crippen molar-refractivity contribution in [2.75, 3.05) is 26.3 Å². The molecule has 2 aliphatic rings. The third kappa shape index (κ3) is 3.89. The molecule has 0 spiro atoms. The van der Waals surface area contributed by atoms with Gasteiger partial charge in [-0.2, -0.15) is 5.10 Å². The van der Waals surface area contributed by atoms with Crippen molar-refractivity contribution < 1.29 is 14.3 Å². The Balaban J connectivity index is 1.43. The quantitative estimate of drug-likeness (QED) is 0.833. The SMILES string of the molecule is Cn1cc([C@H]2CNC[C@@H]2C(=O)NCc2cc(Cl)c3c(c2)OCCCO3)cn1. The molecule has 1 saturated heterocycles. The Morgan fingerprint density at radius 2 is 2.22 bits per heavy atom. The predicted octanol–water partition coefficient (Wildman–Crippen LogP) is 1.85. The van der Waals surface area contributed by atoms with Gasteiger partial charge in [-0.15, -0.1) is 0 Å². The minimum absolute atomic E-state index is 0.0251. The Morgan fingerprint density at radius 3 is 3.04 bits per heavy atom. The first kappa shape index (κ1) is 18.1. The molecule has 0 aliphatic carbocycles. The van der Waals surface area contributed by atoms with E-state index in [2.05, 4.69) is 15.7 Å². The molecule has 2 atom stereocenters. The van der Waals surface area contributed by atoms with E-state index in [4.69, 9.17) is 21.1 Å². The number of aryl methyl sites for hydroxylation is 1. The van der Waals surface area contributed by atoms with Gasteiger partial charge in [0, 0.05) is 45.2 Å². The van der Waals surface area contributed by atoms with Gasteiger partial charge in [-0.25, -0.2) is 0 Å². The molecule has 1 fully saturated rings. The Kier molecular flexibility index (Phi) is 5.22. The highest BCUT2D eigenvalue weighted by molar-refractivity contribution is 6.32. The highest BCUT2D eigenvalue weighted by Crippen LogP contribution is 2.38. The molecule has 1 amide bonds. The summed E-state index contributed by atoms with van der Waals surface area (Å²) >= 11 is 6.33. The lowest BCUT2D eigenvalue weighted by molar-refractivity contribution is -0.125. The molecule has 2 aliphatic heterocycles. The number of carbonyl (C=O) groups is 1. The number of ether oxygens (including phenoxy) is 2. The molecule has 0 saturated carbocycles. The Labute approximate surface area is 163 Å². The van der Waals surface area contributed by atoms with Gasteiger partial charge in [0.25, 0.3) is 0 Å². The smallest absolute Gasteiger partial charge is 0.225 e. The van der Waals surface area contributed by atoms with E-state index in [1.165, 1.54) is 0 Å². The molecular weight excluding hydrogens is 368 g/mol. The lowest BCUT2D eigenvalue weighted by atomic mass is 9.90. The van der Waals surface area contributed by atoms with E-state index in [0.717, 1.165) is 24.1 Å². The van der Waals surface area contributed by atoms with Crippen LogP contribution in [-0.2, 0) is 18.4 Å². The van der Waals surface area contributed by atoms with Crippen LogP contribution >= 0.6 is 11.6 Å². The van der Waals surface area contributed by atoms with Gasteiger partial charge < -0.3 is 20.1 Å². The molecule has 1 aromatic heterocycles. The van der Waals surface area contributed by atoms with Crippen LogP contribution in [-0.4, -0.2) is 42.0 Å². The van der Waals surface area contributed by atoms with E-state index in [0.29, 0.717) is 42.8 Å². The summed E-state index contributed by atoms with van der Waals surface area (Å²) in [5.74, 6) is 1.26. The molecule has 2 aromatic rings. The summed E-state index contributed by atoms with van der Waals surface area (Å²) in [6, 6.07) is 3.71. The lowest BCUT2D eigenvalue weighted by Gasteiger charge is -2.17. The minimum Gasteiger partial charge on any atom is -0.489 e. The molecule has 0 radical (unpaired) electrons. The molecule has 144 valence electrons. The second kappa shape index (κ2) is 7.78. The minimum atomic E-state index is -0.120. The summed E-state index contributed by atoms with van der Waals surface area (Å²) in [6.07, 6.45) is 4.63. The summed E-state index contributed by atoms with van der Waals surface area (Å²) in [4.78, 5) is 12.8. The van der Waals surface area contributed by atoms with Crippen molar-refractivity contribution in [1.29, 1.82) is 0 Å². The third-order valence-corrected chi connectivity index (χ3v) is 5.31. The molecule has 0 unspecified atom stereocenters. The van der Waals surface area contributed by atoms with Crippen molar-refractivity contribution in [3.63, 3.8) is 0 Å². The molecule has 2 N–H and O–H groups in total. The summed E-state index contributed by atoms with van der Waals surface area (Å²) in [5, 5.41) is 11.1. The molecule has 27 heavy (non-hydrogen) atoms. The molecule has 0 bridgehead atoms. The van der Waals surface area contributed by atoms with Gasteiger partial charge in [0.1, 0.15) is 0 Å². The first-order valence-electron chi connectivity index (χ1n) is 9.17. The first-order valence-corrected chi connectivity index (χ1v) is 9.54. The van der Waals surface area contributed by atoms with Crippen molar-refractivity contribution in [3.05, 3.63) is 40.7 Å². The van der Waals surface area contributed by atoms with Crippen molar-refractivity contribution in [2.24, 2.45) is 13.0 Å². The Morgan fingerprint density at radius 1 is 1.37 bits per heavy atom. The number of halogens is 1. The maximum atomic E-state index is 12.8. The number of hydrogen-bond acceptors (Lipinski definition) is 5. The van der Waals surface area contributed by atoms with Gasteiger partial charge in [-0.05, 0) is 23.3 Å². The van der Waals surface area contributed by atoms with Crippen LogP contribution in [0.4, 0.5) is 0 Å². The highest BCUT2D eigenvalue weighted by Gasteiger charge is 2.34. The zero-order valence-corrected chi connectivity index (χ0v) is 16.0. The van der Waals surface area contributed by atoms with Crippen LogP contribution in [0.2, 0.25) is 5.02 Å². The fraction of sp³-hybridized carbons (Fsp3) is 0.474. The summed E-state index contributed by atoms with van der Waals surface area (Å²) in [6.45, 7) is 3.02. The van der Waals surface area contributed by atoms with Crippen LogP contribution in [0.15, 0.2) is 24.5 Å². The maximum Gasteiger partial charge on any atom is 0.225 e. The van der Waals surface area contributed by atoms with Crippen LogP contribution in [0.3, 0.4) is 0 Å². The topological polar surface area (TPSA) is 77.4 Å². The third-order valence-electron chi connectivity index (χ3n) is 5.03. The van der Waals surface area contributed by atoms with Gasteiger partial charge in [0.15, 0.2) is 11.5 Å². The zero-order valence-electron chi connectivity index (χ0n) is 15.2. The summed E-state index contributed by atoms with van der Waals surface area (Å²) in [7, 11) is 1.88. The number of nitrogens with one attached hydrogen (secondary N) is 2. The molecule has 7 nitrogen and oxygen atoms in total. The molecule has 8 heteroatoms. The average molecular weight is 391 g/mol. The van der Waals surface area contributed by atoms with Crippen LogP contribution in [0.1, 0.15) is 23.5 Å². The standard InChI is InChI=1S/C19H23ClN4O3/c1-24-11-13(8-23-24)14-9-21-10-15(14)19(25)22-7-12-5-16(20)18-17(6-12)26-3-2-4-27-18/h5-6,8,11,14-15,21H,2-4,7,9-10H2,1H3,(H,22,25)/t14-,15+/m1/s1. The fourth-order valence-corrected chi connectivity index (χ4v) is 3.93. The van der Waals surface area contributed by atoms with Crippen LogP contribution < -0.4 is 20.1 Å². The number of carbonyl (C=O) groups excluding carboxylic acids is 1. The number of rotatable bonds is 4. The molecule has 4 rings (SSSR count). The van der Waals surface area contributed by atoms with Crippen LogP contribution in [0.25, 0.3) is 0 Å². The number of fused-ring (bicyclic) bond motifs is 1. The van der Waals surface area contributed by atoms with E-state index in [-0.39, 0.29) is 17.7 Å². The number of aromatic nitrogens is 2. The predicted molar refractivity (Wildman–Crippen MR) is 101 cm³/mol. The monoisotopic (exact) mass is 390 g/mol. The fourth-order valence-electron chi connectivity index (χ4n) is 3.64. The van der Waals surface area contributed by atoms with E-state index in [1.54, 1.807) is 4.68 Å². The highest BCUT2D eigenvalue weighted by atomic mass is 35.5. The van der Waals surface area contributed by atoms with Gasteiger partial charge in [-0.1, -0.05) is 11.6 Å². The van der Waals surface area contributed by atoms with Crippen molar-refractivity contribution in [3.8, 4) is 11.5 Å². The zero-order chi connectivity index (χ0) is 18.8. The Hall–Kier alpha value is -2.25. The number of hydrogen-bond donors (Lipinski definition) is 2. The average Bonchev–Trinajstić information content (AvgIpc) is 3.23. The second-order valence-electron chi connectivity index (χ2n) is 6.99. The van der Waals surface area contributed by atoms with Gasteiger partial charge in [0.2, 0.25) is 5.91 Å². The summed E-state index contributed by atoms with van der Waals surface area (Å²) < 4.78 is 13.1.